The molecule has 4 rings (SSSR count). The van der Waals surface area contributed by atoms with Crippen molar-refractivity contribution in [3.8, 4) is 10.6 Å². The van der Waals surface area contributed by atoms with Crippen molar-refractivity contribution >= 4 is 27.6 Å². The summed E-state index contributed by atoms with van der Waals surface area (Å²) in [6.07, 6.45) is 4.68. The Morgan fingerprint density at radius 3 is 2.59 bits per heavy atom. The van der Waals surface area contributed by atoms with Crippen LogP contribution >= 0.6 is 11.3 Å². The average molecular weight is 306 g/mol. The molecule has 3 aromatic rings. The number of aromatic nitrogens is 1. The fraction of sp³-hybridized carbons (Fsp3) is 0.222. The summed E-state index contributed by atoms with van der Waals surface area (Å²) in [5, 5.41) is 0.990. The van der Waals surface area contributed by atoms with Crippen molar-refractivity contribution in [3.63, 3.8) is 0 Å². The van der Waals surface area contributed by atoms with E-state index in [1.807, 2.05) is 30.3 Å². The molecule has 0 amide bonds. The first-order valence-corrected chi connectivity index (χ1v) is 8.19. The lowest BCUT2D eigenvalue weighted by Gasteiger charge is -2.38. The number of carbonyl (C=O) groups excluding carboxylic acids is 1. The van der Waals surface area contributed by atoms with Gasteiger partial charge in [-0.1, -0.05) is 36.4 Å². The predicted octanol–water partition coefficient (Wildman–Crippen LogP) is 4.68. The maximum atomic E-state index is 10.9. The standard InChI is InChI=1S/C18H14N2OS/c21-12-19-18(10-5-11-18)14-7-2-1-6-13(14)17-20-15-8-3-4-9-16(15)22-17/h1-4,6-9H,5,10-11H2. The molecule has 22 heavy (non-hydrogen) atoms. The van der Waals surface area contributed by atoms with E-state index in [4.69, 9.17) is 4.98 Å². The van der Waals surface area contributed by atoms with E-state index >= 15 is 0 Å². The van der Waals surface area contributed by atoms with Gasteiger partial charge in [-0.25, -0.2) is 9.78 Å². The zero-order valence-electron chi connectivity index (χ0n) is 12.0. The minimum absolute atomic E-state index is 0.393. The highest BCUT2D eigenvalue weighted by Gasteiger charge is 2.40. The molecule has 0 aliphatic heterocycles. The Morgan fingerprint density at radius 1 is 1.09 bits per heavy atom. The number of aliphatic imine (C=N–C) groups is 1. The van der Waals surface area contributed by atoms with Crippen LogP contribution in [0.4, 0.5) is 0 Å². The molecule has 1 saturated carbocycles. The Hall–Kier alpha value is -2.29. The Morgan fingerprint density at radius 2 is 1.86 bits per heavy atom. The lowest BCUT2D eigenvalue weighted by atomic mass is 9.71. The van der Waals surface area contributed by atoms with Gasteiger partial charge in [-0.05, 0) is 37.0 Å². The van der Waals surface area contributed by atoms with E-state index in [0.29, 0.717) is 0 Å². The smallest absolute Gasteiger partial charge is 0.235 e. The van der Waals surface area contributed by atoms with E-state index in [0.717, 1.165) is 40.9 Å². The van der Waals surface area contributed by atoms with Crippen molar-refractivity contribution in [2.75, 3.05) is 0 Å². The molecule has 0 bridgehead atoms. The Bertz CT molecular complexity index is 856. The van der Waals surface area contributed by atoms with E-state index < -0.39 is 5.54 Å². The molecule has 0 spiro atoms. The Labute approximate surface area is 132 Å². The third-order valence-corrected chi connectivity index (χ3v) is 5.46. The van der Waals surface area contributed by atoms with Gasteiger partial charge in [0.2, 0.25) is 6.08 Å². The van der Waals surface area contributed by atoms with Crippen molar-refractivity contribution in [2.24, 2.45) is 4.99 Å². The van der Waals surface area contributed by atoms with Crippen molar-refractivity contribution in [3.05, 3.63) is 54.1 Å². The maximum absolute atomic E-state index is 10.9. The lowest BCUT2D eigenvalue weighted by Crippen LogP contribution is -2.32. The molecule has 0 N–H and O–H groups in total. The SMILES string of the molecule is O=C=NC1(c2ccccc2-c2nc3ccccc3s2)CCC1. The summed E-state index contributed by atoms with van der Waals surface area (Å²) in [7, 11) is 0. The lowest BCUT2D eigenvalue weighted by molar-refractivity contribution is 0.257. The third kappa shape index (κ3) is 2.00. The van der Waals surface area contributed by atoms with Crippen LogP contribution in [0.1, 0.15) is 24.8 Å². The van der Waals surface area contributed by atoms with E-state index in [1.54, 1.807) is 17.4 Å². The van der Waals surface area contributed by atoms with Crippen LogP contribution < -0.4 is 0 Å². The molecule has 4 heteroatoms. The molecular formula is C18H14N2OS. The summed E-state index contributed by atoms with van der Waals surface area (Å²) in [6, 6.07) is 16.3. The number of thiazole rings is 1. The predicted molar refractivity (Wildman–Crippen MR) is 88.7 cm³/mol. The normalized spacial score (nSPS) is 16.0. The van der Waals surface area contributed by atoms with Crippen LogP contribution in [-0.4, -0.2) is 11.1 Å². The first kappa shape index (κ1) is 13.4. The highest BCUT2D eigenvalue weighted by Crippen LogP contribution is 2.48. The van der Waals surface area contributed by atoms with E-state index in [-0.39, 0.29) is 0 Å². The molecular weight excluding hydrogens is 292 g/mol. The first-order chi connectivity index (χ1) is 10.8. The van der Waals surface area contributed by atoms with Gasteiger partial charge in [0.15, 0.2) is 0 Å². The number of para-hydroxylation sites is 1. The number of fused-ring (bicyclic) bond motifs is 1. The van der Waals surface area contributed by atoms with E-state index in [9.17, 15) is 4.79 Å². The maximum Gasteiger partial charge on any atom is 0.235 e. The minimum Gasteiger partial charge on any atom is -0.236 e. The summed E-state index contributed by atoms with van der Waals surface area (Å²) in [5.41, 5.74) is 2.81. The topological polar surface area (TPSA) is 42.3 Å². The molecule has 1 aliphatic rings. The van der Waals surface area contributed by atoms with Crippen LogP contribution in [-0.2, 0) is 10.3 Å². The van der Waals surface area contributed by atoms with Gasteiger partial charge in [0.1, 0.15) is 5.01 Å². The van der Waals surface area contributed by atoms with Gasteiger partial charge >= 0.3 is 0 Å². The van der Waals surface area contributed by atoms with Crippen LogP contribution in [0.25, 0.3) is 20.8 Å². The molecule has 1 aliphatic carbocycles. The van der Waals surface area contributed by atoms with Crippen LogP contribution in [0.3, 0.4) is 0 Å². The van der Waals surface area contributed by atoms with E-state index in [1.165, 1.54) is 4.70 Å². The third-order valence-electron chi connectivity index (χ3n) is 4.39. The number of hydrogen-bond acceptors (Lipinski definition) is 4. The first-order valence-electron chi connectivity index (χ1n) is 7.37. The summed E-state index contributed by atoms with van der Waals surface area (Å²) in [5.74, 6) is 0. The molecule has 0 atom stereocenters. The monoisotopic (exact) mass is 306 g/mol. The summed E-state index contributed by atoms with van der Waals surface area (Å²) >= 11 is 1.68. The van der Waals surface area contributed by atoms with Crippen LogP contribution in [0, 0.1) is 0 Å². The number of rotatable bonds is 3. The average Bonchev–Trinajstić information content (AvgIpc) is 2.95. The van der Waals surface area contributed by atoms with Gasteiger partial charge in [-0.2, -0.15) is 4.99 Å². The summed E-state index contributed by atoms with van der Waals surface area (Å²) in [6.45, 7) is 0. The van der Waals surface area contributed by atoms with Gasteiger partial charge in [0.25, 0.3) is 0 Å². The van der Waals surface area contributed by atoms with Gasteiger partial charge in [-0.15, -0.1) is 11.3 Å². The minimum atomic E-state index is -0.393. The second-order valence-corrected chi connectivity index (χ2v) is 6.65. The van der Waals surface area contributed by atoms with E-state index in [2.05, 4.69) is 23.2 Å². The number of isocyanates is 1. The van der Waals surface area contributed by atoms with Crippen molar-refractivity contribution in [1.82, 2.24) is 4.98 Å². The second kappa shape index (κ2) is 5.16. The van der Waals surface area contributed by atoms with Crippen LogP contribution in [0.2, 0.25) is 0 Å². The molecule has 0 unspecified atom stereocenters. The van der Waals surface area contributed by atoms with Crippen molar-refractivity contribution in [1.29, 1.82) is 0 Å². The summed E-state index contributed by atoms with van der Waals surface area (Å²) < 4.78 is 1.17. The molecule has 0 saturated heterocycles. The molecule has 2 aromatic carbocycles. The number of hydrogen-bond donors (Lipinski definition) is 0. The fourth-order valence-electron chi connectivity index (χ4n) is 3.10. The quantitative estimate of drug-likeness (QED) is 0.521. The zero-order valence-corrected chi connectivity index (χ0v) is 12.8. The Kier molecular flexibility index (Phi) is 3.14. The van der Waals surface area contributed by atoms with Gasteiger partial charge in [0, 0.05) is 5.56 Å². The van der Waals surface area contributed by atoms with Gasteiger partial charge in [-0.3, -0.25) is 0 Å². The largest absolute Gasteiger partial charge is 0.236 e. The highest BCUT2D eigenvalue weighted by atomic mass is 32.1. The Balaban J connectivity index is 1.90. The molecule has 0 radical (unpaired) electrons. The highest BCUT2D eigenvalue weighted by molar-refractivity contribution is 7.21. The molecule has 108 valence electrons. The number of nitrogens with zero attached hydrogens (tertiary/aromatic N) is 2. The van der Waals surface area contributed by atoms with Crippen LogP contribution in [0.5, 0.6) is 0 Å². The summed E-state index contributed by atoms with van der Waals surface area (Å²) in [4.78, 5) is 19.8. The molecule has 1 fully saturated rings. The number of benzene rings is 2. The molecule has 1 heterocycles. The van der Waals surface area contributed by atoms with Crippen LogP contribution in [0.15, 0.2) is 53.5 Å². The van der Waals surface area contributed by atoms with Gasteiger partial charge in [0.05, 0.1) is 15.8 Å². The molecule has 3 nitrogen and oxygen atoms in total. The van der Waals surface area contributed by atoms with Gasteiger partial charge < -0.3 is 0 Å². The fourth-order valence-corrected chi connectivity index (χ4v) is 4.11. The van der Waals surface area contributed by atoms with Crippen molar-refractivity contribution < 1.29 is 4.79 Å². The van der Waals surface area contributed by atoms with Crippen molar-refractivity contribution in [2.45, 2.75) is 24.8 Å². The molecule has 1 aromatic heterocycles. The second-order valence-electron chi connectivity index (χ2n) is 5.62. The zero-order chi connectivity index (χ0) is 15.0.